The molecule has 4 heteroatoms. The Morgan fingerprint density at radius 2 is 2.17 bits per heavy atom. The van der Waals surface area contributed by atoms with Gasteiger partial charge in [-0.1, -0.05) is 13.8 Å². The summed E-state index contributed by atoms with van der Waals surface area (Å²) < 4.78 is 30.2. The molecule has 0 fully saturated rings. The number of hydrogen-bond acceptors (Lipinski definition) is 2. The molecular formula is C8H15NO3. The molecule has 0 heterocycles. The molecule has 0 rings (SSSR count). The fourth-order valence-corrected chi connectivity index (χ4v) is 0.564. The molecule has 0 spiro atoms. The first-order valence-electron chi connectivity index (χ1n) is 5.38. The van der Waals surface area contributed by atoms with E-state index in [1.165, 1.54) is 0 Å². The SMILES string of the molecule is [2H]C(C)(C)C([2H])([2H])C([2H])(NC(C)=O)C(=O)O. The number of carboxylic acids is 1. The second kappa shape index (κ2) is 4.74. The number of hydrogen-bond donors (Lipinski definition) is 2. The standard InChI is InChI=1S/C8H15NO3/c1-5(2)4-7(8(11)12)9-6(3)10/h5,7H,4H2,1-3H3,(H,9,10)(H,11,12)/i4D2,5D,7D. The molecule has 12 heavy (non-hydrogen) atoms. The lowest BCUT2D eigenvalue weighted by Crippen LogP contribution is -2.40. The lowest BCUT2D eigenvalue weighted by atomic mass is 10.0. The van der Waals surface area contributed by atoms with E-state index < -0.39 is 30.2 Å². The summed E-state index contributed by atoms with van der Waals surface area (Å²) >= 11 is 0. The topological polar surface area (TPSA) is 66.4 Å². The minimum atomic E-state index is -2.88. The van der Waals surface area contributed by atoms with Crippen LogP contribution in [0.15, 0.2) is 0 Å². The van der Waals surface area contributed by atoms with Gasteiger partial charge in [-0.25, -0.2) is 4.79 Å². The number of rotatable bonds is 4. The molecule has 4 nitrogen and oxygen atoms in total. The Hall–Kier alpha value is -1.06. The Balaban J connectivity index is 5.53. The third-order valence-electron chi connectivity index (χ3n) is 0.890. The molecular weight excluding hydrogens is 158 g/mol. The highest BCUT2D eigenvalue weighted by Gasteiger charge is 2.18. The molecule has 1 amide bonds. The summed E-state index contributed by atoms with van der Waals surface area (Å²) in [6, 6.07) is -2.88. The molecule has 0 radical (unpaired) electrons. The van der Waals surface area contributed by atoms with Gasteiger partial charge in [0, 0.05) is 11.0 Å². The van der Waals surface area contributed by atoms with Crippen LogP contribution in [0.4, 0.5) is 0 Å². The molecule has 0 aliphatic carbocycles. The predicted octanol–water partition coefficient (Wildman–Crippen LogP) is 0.622. The zero-order valence-corrected chi connectivity index (χ0v) is 7.26. The number of carbonyl (C=O) groups is 2. The third-order valence-corrected chi connectivity index (χ3v) is 0.890. The molecule has 2 N–H and O–H groups in total. The Bertz CT molecular complexity index is 313. The van der Waals surface area contributed by atoms with Crippen LogP contribution in [0.3, 0.4) is 0 Å². The maximum Gasteiger partial charge on any atom is 0.326 e. The second-order valence-electron chi connectivity index (χ2n) is 2.49. The van der Waals surface area contributed by atoms with E-state index in [0.29, 0.717) is 0 Å². The van der Waals surface area contributed by atoms with Crippen LogP contribution in [0.5, 0.6) is 0 Å². The number of aliphatic carboxylic acids is 1. The monoisotopic (exact) mass is 177 g/mol. The van der Waals surface area contributed by atoms with Crippen molar-refractivity contribution in [3.63, 3.8) is 0 Å². The van der Waals surface area contributed by atoms with Gasteiger partial charge >= 0.3 is 5.97 Å². The summed E-state index contributed by atoms with van der Waals surface area (Å²) in [5, 5.41) is 10.6. The summed E-state index contributed by atoms with van der Waals surface area (Å²) in [5.74, 6) is -4.53. The summed E-state index contributed by atoms with van der Waals surface area (Å²) in [7, 11) is 0. The summed E-state index contributed by atoms with van der Waals surface area (Å²) in [4.78, 5) is 21.7. The van der Waals surface area contributed by atoms with Crippen LogP contribution in [0.2, 0.25) is 0 Å². The number of nitrogens with one attached hydrogen (secondary N) is 1. The first kappa shape index (κ1) is 5.56. The van der Waals surface area contributed by atoms with Gasteiger partial charge in [0.2, 0.25) is 5.91 Å². The minimum Gasteiger partial charge on any atom is -0.480 e. The Morgan fingerprint density at radius 1 is 1.67 bits per heavy atom. The van der Waals surface area contributed by atoms with E-state index in [4.69, 9.17) is 10.6 Å². The molecule has 0 saturated carbocycles. The smallest absolute Gasteiger partial charge is 0.326 e. The first-order valence-corrected chi connectivity index (χ1v) is 3.38. The van der Waals surface area contributed by atoms with Gasteiger partial charge in [-0.05, 0) is 12.3 Å². The second-order valence-corrected chi connectivity index (χ2v) is 2.49. The largest absolute Gasteiger partial charge is 0.480 e. The van der Waals surface area contributed by atoms with Crippen LogP contribution >= 0.6 is 0 Å². The van der Waals surface area contributed by atoms with Crippen LogP contribution in [0.1, 0.15) is 32.6 Å². The average Bonchev–Trinajstić information content (AvgIpc) is 1.99. The Labute approximate surface area is 77.6 Å². The summed E-state index contributed by atoms with van der Waals surface area (Å²) in [6.07, 6.45) is -2.75. The molecule has 0 aliphatic heterocycles. The Kier molecular flexibility index (Phi) is 2.20. The lowest BCUT2D eigenvalue weighted by Gasteiger charge is -2.14. The maximum atomic E-state index is 10.9. The van der Waals surface area contributed by atoms with Crippen LogP contribution < -0.4 is 5.32 Å². The minimum absolute atomic E-state index is 0.842. The van der Waals surface area contributed by atoms with Gasteiger partial charge in [0.05, 0.1) is 1.37 Å². The molecule has 0 aliphatic rings. The molecule has 1 unspecified atom stereocenters. The molecule has 0 saturated heterocycles. The average molecular weight is 177 g/mol. The number of amides is 1. The lowest BCUT2D eigenvalue weighted by molar-refractivity contribution is -0.142. The van der Waals surface area contributed by atoms with Crippen LogP contribution in [-0.4, -0.2) is 23.0 Å². The first-order chi connectivity index (χ1) is 6.86. The van der Waals surface area contributed by atoms with Crippen molar-refractivity contribution in [2.45, 2.75) is 33.2 Å². The van der Waals surface area contributed by atoms with Gasteiger partial charge in [-0.3, -0.25) is 4.79 Å². The Morgan fingerprint density at radius 3 is 2.42 bits per heavy atom. The molecule has 0 aromatic carbocycles. The van der Waals surface area contributed by atoms with Crippen LogP contribution in [0.25, 0.3) is 0 Å². The van der Waals surface area contributed by atoms with E-state index in [9.17, 15) is 9.59 Å². The fraction of sp³-hybridized carbons (Fsp3) is 0.750. The van der Waals surface area contributed by atoms with Crippen molar-refractivity contribution in [3.05, 3.63) is 0 Å². The zero-order valence-electron chi connectivity index (χ0n) is 11.3. The fourth-order valence-electron chi connectivity index (χ4n) is 0.564. The van der Waals surface area contributed by atoms with E-state index in [2.05, 4.69) is 0 Å². The predicted molar refractivity (Wildman–Crippen MR) is 44.7 cm³/mol. The number of carbonyl (C=O) groups excluding carboxylic acids is 1. The molecule has 0 bridgehead atoms. The highest BCUT2D eigenvalue weighted by Crippen LogP contribution is 2.04. The van der Waals surface area contributed by atoms with E-state index >= 15 is 0 Å². The third kappa shape index (κ3) is 4.71. The molecule has 0 aromatic heterocycles. The normalized spacial score (nSPS) is 22.2. The summed E-state index contributed by atoms with van der Waals surface area (Å²) in [6.45, 7) is 3.27. The van der Waals surface area contributed by atoms with Gasteiger partial charge in [-0.15, -0.1) is 0 Å². The van der Waals surface area contributed by atoms with Crippen molar-refractivity contribution in [3.8, 4) is 0 Å². The van der Waals surface area contributed by atoms with Crippen molar-refractivity contribution >= 4 is 11.9 Å². The summed E-state index contributed by atoms with van der Waals surface area (Å²) in [5.41, 5.74) is 0. The highest BCUT2D eigenvalue weighted by molar-refractivity contribution is 5.81. The van der Waals surface area contributed by atoms with E-state index in [1.54, 1.807) is 5.32 Å². The molecule has 1 atom stereocenters. The van der Waals surface area contributed by atoms with Gasteiger partial charge in [0.25, 0.3) is 0 Å². The van der Waals surface area contributed by atoms with Crippen molar-refractivity contribution in [2.75, 3.05) is 0 Å². The van der Waals surface area contributed by atoms with Crippen molar-refractivity contribution in [2.24, 2.45) is 5.89 Å². The van der Waals surface area contributed by atoms with Crippen molar-refractivity contribution in [1.82, 2.24) is 5.32 Å². The van der Waals surface area contributed by atoms with Gasteiger partial charge in [0.1, 0.15) is 6.02 Å². The molecule has 70 valence electrons. The quantitative estimate of drug-likeness (QED) is 0.661. The van der Waals surface area contributed by atoms with Gasteiger partial charge in [0.15, 0.2) is 0 Å². The maximum absolute atomic E-state index is 10.9. The van der Waals surface area contributed by atoms with Gasteiger partial charge < -0.3 is 10.4 Å². The highest BCUT2D eigenvalue weighted by atomic mass is 16.4. The van der Waals surface area contributed by atoms with E-state index in [-0.39, 0.29) is 0 Å². The van der Waals surface area contributed by atoms with Crippen LogP contribution in [0, 0.1) is 5.89 Å². The van der Waals surface area contributed by atoms with Gasteiger partial charge in [-0.2, -0.15) is 0 Å². The van der Waals surface area contributed by atoms with Crippen molar-refractivity contribution in [1.29, 1.82) is 0 Å². The van der Waals surface area contributed by atoms with E-state index in [0.717, 1.165) is 20.8 Å². The number of carboxylic acid groups (broad SMARTS) is 1. The van der Waals surface area contributed by atoms with Crippen LogP contribution in [-0.2, 0) is 9.59 Å². The van der Waals surface area contributed by atoms with Crippen molar-refractivity contribution < 1.29 is 20.2 Å². The van der Waals surface area contributed by atoms with E-state index in [1.807, 2.05) is 0 Å². The zero-order chi connectivity index (χ0) is 13.4. The molecule has 0 aromatic rings.